The Morgan fingerprint density at radius 2 is 1.97 bits per heavy atom. The van der Waals surface area contributed by atoms with Crippen molar-refractivity contribution in [1.82, 2.24) is 20.0 Å². The molecule has 0 aliphatic carbocycles. The van der Waals surface area contributed by atoms with Gasteiger partial charge in [-0.15, -0.1) is 0 Å². The molecule has 8 nitrogen and oxygen atoms in total. The first-order valence-corrected chi connectivity index (χ1v) is 11.3. The molecule has 0 saturated carbocycles. The lowest BCUT2D eigenvalue weighted by molar-refractivity contribution is 0.0137. The summed E-state index contributed by atoms with van der Waals surface area (Å²) in [4.78, 5) is 23.6. The molecule has 3 heterocycles. The SMILES string of the molecule is CC(C)(C)OC(=O)N1CCN2C(NCc3cccc(CN4CCOCC4)c3)=NCC2C1. The van der Waals surface area contributed by atoms with Crippen molar-refractivity contribution in [1.29, 1.82) is 0 Å². The summed E-state index contributed by atoms with van der Waals surface area (Å²) in [6.07, 6.45) is -0.231. The number of amides is 1. The lowest BCUT2D eigenvalue weighted by Gasteiger charge is -2.39. The van der Waals surface area contributed by atoms with Gasteiger partial charge in [-0.3, -0.25) is 9.89 Å². The minimum absolute atomic E-state index is 0.219. The number of carbonyl (C=O) groups excluding carboxylic acids is 1. The maximum absolute atomic E-state index is 12.4. The topological polar surface area (TPSA) is 69.6 Å². The summed E-state index contributed by atoms with van der Waals surface area (Å²) in [7, 11) is 0. The van der Waals surface area contributed by atoms with Crippen molar-refractivity contribution in [2.45, 2.75) is 45.5 Å². The number of ether oxygens (including phenoxy) is 2. The Morgan fingerprint density at radius 3 is 2.74 bits per heavy atom. The van der Waals surface area contributed by atoms with Crippen molar-refractivity contribution in [2.75, 3.05) is 52.5 Å². The van der Waals surface area contributed by atoms with E-state index in [2.05, 4.69) is 39.4 Å². The van der Waals surface area contributed by atoms with Crippen LogP contribution in [0, 0.1) is 0 Å². The third-order valence-corrected chi connectivity index (χ3v) is 5.81. The predicted octanol–water partition coefficient (Wildman–Crippen LogP) is 1.90. The van der Waals surface area contributed by atoms with Crippen LogP contribution in [0.4, 0.5) is 4.79 Å². The smallest absolute Gasteiger partial charge is 0.410 e. The van der Waals surface area contributed by atoms with E-state index in [1.807, 2.05) is 20.8 Å². The van der Waals surface area contributed by atoms with Crippen LogP contribution in [-0.2, 0) is 22.6 Å². The summed E-state index contributed by atoms with van der Waals surface area (Å²) < 4.78 is 11.0. The van der Waals surface area contributed by atoms with Crippen molar-refractivity contribution < 1.29 is 14.3 Å². The van der Waals surface area contributed by atoms with E-state index in [1.165, 1.54) is 11.1 Å². The molecule has 2 saturated heterocycles. The van der Waals surface area contributed by atoms with Crippen molar-refractivity contribution >= 4 is 12.1 Å². The van der Waals surface area contributed by atoms with Crippen molar-refractivity contribution in [2.24, 2.45) is 4.99 Å². The van der Waals surface area contributed by atoms with Crippen LogP contribution < -0.4 is 5.32 Å². The Hall–Kier alpha value is -2.32. The first-order valence-electron chi connectivity index (χ1n) is 11.3. The Morgan fingerprint density at radius 1 is 1.19 bits per heavy atom. The molecule has 1 amide bonds. The highest BCUT2D eigenvalue weighted by molar-refractivity contribution is 5.82. The highest BCUT2D eigenvalue weighted by Gasteiger charge is 2.36. The lowest BCUT2D eigenvalue weighted by Crippen LogP contribution is -2.57. The normalized spacial score (nSPS) is 22.2. The highest BCUT2D eigenvalue weighted by Crippen LogP contribution is 2.19. The zero-order chi connectivity index (χ0) is 21.8. The fourth-order valence-corrected chi connectivity index (χ4v) is 4.26. The van der Waals surface area contributed by atoms with Crippen LogP contribution in [0.3, 0.4) is 0 Å². The third kappa shape index (κ3) is 5.89. The van der Waals surface area contributed by atoms with E-state index in [-0.39, 0.29) is 12.1 Å². The van der Waals surface area contributed by atoms with Gasteiger partial charge in [-0.05, 0) is 31.9 Å². The number of carbonyl (C=O) groups is 1. The number of fused-ring (bicyclic) bond motifs is 1. The molecule has 1 aromatic carbocycles. The number of piperazine rings is 1. The number of morpholine rings is 1. The summed E-state index contributed by atoms with van der Waals surface area (Å²) in [5.74, 6) is 0.937. The van der Waals surface area contributed by atoms with E-state index in [9.17, 15) is 4.79 Å². The van der Waals surface area contributed by atoms with Gasteiger partial charge in [0.2, 0.25) is 0 Å². The van der Waals surface area contributed by atoms with Crippen molar-refractivity contribution in [3.8, 4) is 0 Å². The maximum Gasteiger partial charge on any atom is 0.410 e. The van der Waals surface area contributed by atoms with Crippen LogP contribution in [0.1, 0.15) is 31.9 Å². The van der Waals surface area contributed by atoms with Crippen LogP contribution in [0.25, 0.3) is 0 Å². The molecule has 1 N–H and O–H groups in total. The maximum atomic E-state index is 12.4. The number of hydrogen-bond acceptors (Lipinski definition) is 7. The monoisotopic (exact) mass is 429 g/mol. The summed E-state index contributed by atoms with van der Waals surface area (Å²) in [6.45, 7) is 13.8. The van der Waals surface area contributed by atoms with Gasteiger partial charge in [0, 0.05) is 45.8 Å². The minimum atomic E-state index is -0.469. The van der Waals surface area contributed by atoms with E-state index in [0.717, 1.165) is 51.9 Å². The van der Waals surface area contributed by atoms with Gasteiger partial charge in [0.25, 0.3) is 0 Å². The Kier molecular flexibility index (Phi) is 6.67. The summed E-state index contributed by atoms with van der Waals surface area (Å²) in [5, 5.41) is 3.52. The first-order chi connectivity index (χ1) is 14.9. The number of rotatable bonds is 4. The molecule has 170 valence electrons. The molecular weight excluding hydrogens is 394 g/mol. The number of nitrogens with zero attached hydrogens (tertiary/aromatic N) is 4. The summed E-state index contributed by atoms with van der Waals surface area (Å²) >= 11 is 0. The number of guanidine groups is 1. The van der Waals surface area contributed by atoms with Gasteiger partial charge in [0.1, 0.15) is 5.60 Å². The number of hydrogen-bond donors (Lipinski definition) is 1. The van der Waals surface area contributed by atoms with Gasteiger partial charge in [0.05, 0.1) is 25.8 Å². The fraction of sp³-hybridized carbons (Fsp3) is 0.652. The molecule has 1 unspecified atom stereocenters. The average Bonchev–Trinajstić information content (AvgIpc) is 3.14. The molecule has 3 aliphatic rings. The van der Waals surface area contributed by atoms with Crippen LogP contribution in [-0.4, -0.2) is 90.9 Å². The van der Waals surface area contributed by atoms with Gasteiger partial charge in [0.15, 0.2) is 5.96 Å². The van der Waals surface area contributed by atoms with E-state index in [1.54, 1.807) is 4.90 Å². The average molecular weight is 430 g/mol. The molecule has 8 heteroatoms. The second-order valence-electron chi connectivity index (χ2n) is 9.50. The molecule has 3 aliphatic heterocycles. The number of benzene rings is 1. The van der Waals surface area contributed by atoms with Crippen LogP contribution >= 0.6 is 0 Å². The van der Waals surface area contributed by atoms with Gasteiger partial charge in [-0.25, -0.2) is 4.79 Å². The molecule has 2 fully saturated rings. The van der Waals surface area contributed by atoms with Crippen molar-refractivity contribution in [3.05, 3.63) is 35.4 Å². The van der Waals surface area contributed by atoms with Gasteiger partial charge >= 0.3 is 6.09 Å². The second-order valence-corrected chi connectivity index (χ2v) is 9.50. The molecule has 0 radical (unpaired) electrons. The van der Waals surface area contributed by atoms with Crippen molar-refractivity contribution in [3.63, 3.8) is 0 Å². The van der Waals surface area contributed by atoms with E-state index in [0.29, 0.717) is 19.6 Å². The molecular formula is C23H35N5O3. The van der Waals surface area contributed by atoms with Gasteiger partial charge in [-0.1, -0.05) is 24.3 Å². The van der Waals surface area contributed by atoms with Crippen LogP contribution in [0.5, 0.6) is 0 Å². The molecule has 1 atom stereocenters. The molecule has 1 aromatic rings. The van der Waals surface area contributed by atoms with Crippen LogP contribution in [0.15, 0.2) is 29.3 Å². The summed E-state index contributed by atoms with van der Waals surface area (Å²) in [5.41, 5.74) is 2.12. The Bertz CT molecular complexity index is 801. The number of aliphatic imine (C=N–C) groups is 1. The van der Waals surface area contributed by atoms with E-state index >= 15 is 0 Å². The quantitative estimate of drug-likeness (QED) is 0.789. The van der Waals surface area contributed by atoms with Crippen LogP contribution in [0.2, 0.25) is 0 Å². The lowest BCUT2D eigenvalue weighted by atomic mass is 10.1. The zero-order valence-corrected chi connectivity index (χ0v) is 19.0. The zero-order valence-electron chi connectivity index (χ0n) is 19.0. The second kappa shape index (κ2) is 9.44. The molecule has 0 spiro atoms. The highest BCUT2D eigenvalue weighted by atomic mass is 16.6. The Balaban J connectivity index is 1.27. The van der Waals surface area contributed by atoms with E-state index in [4.69, 9.17) is 14.5 Å². The summed E-state index contributed by atoms with van der Waals surface area (Å²) in [6, 6.07) is 8.97. The van der Waals surface area contributed by atoms with Gasteiger partial charge in [-0.2, -0.15) is 0 Å². The molecule has 31 heavy (non-hydrogen) atoms. The first kappa shape index (κ1) is 21.9. The largest absolute Gasteiger partial charge is 0.444 e. The molecule has 4 rings (SSSR count). The molecule has 0 aromatic heterocycles. The Labute approximate surface area is 185 Å². The number of nitrogens with one attached hydrogen (secondary N) is 1. The van der Waals surface area contributed by atoms with Gasteiger partial charge < -0.3 is 24.6 Å². The molecule has 0 bridgehead atoms. The fourth-order valence-electron chi connectivity index (χ4n) is 4.26. The minimum Gasteiger partial charge on any atom is -0.444 e. The van der Waals surface area contributed by atoms with E-state index < -0.39 is 5.60 Å². The standard InChI is InChI=1S/C23H35N5O3/c1-23(2,3)31-22(29)27-7-8-28-20(17-27)15-25-21(28)24-14-18-5-4-6-19(13-18)16-26-9-11-30-12-10-26/h4-6,13,20H,7-12,14-17H2,1-3H3,(H,24,25). The predicted molar refractivity (Wildman–Crippen MR) is 120 cm³/mol. The third-order valence-electron chi connectivity index (χ3n) is 5.81.